The minimum atomic E-state index is -0.218. The lowest BCUT2D eigenvalue weighted by Crippen LogP contribution is -2.17. The van der Waals surface area contributed by atoms with Crippen molar-refractivity contribution in [3.05, 3.63) is 267 Å². The van der Waals surface area contributed by atoms with E-state index in [-0.39, 0.29) is 32.5 Å². The van der Waals surface area contributed by atoms with Crippen LogP contribution in [0.25, 0.3) is 133 Å². The third-order valence-electron chi connectivity index (χ3n) is 23.4. The standard InChI is InChI=1S/C87H69N3/c1-82(2)67-22-16-13-19-55(67)61-40-73-64(43-70(61)82)58-34-25-46-37-49(28-31-52(46)76(58)85(73,7)8)79-88-80(50-29-32-53-47(38-50)26-35-59-65-44-71-62(41-74(65)86(9,10)77(53)59)56-20-14-17-23-68(56)83(71,3)4)90-81(89-79)51-30-33-54-48(39-51)27-36-60-66-45-72-63(42-75(66)87(11,12)78(54)60)57-21-15-18-24-69(57)84(72,5)6/h13-45H,1-12H3. The highest BCUT2D eigenvalue weighted by atomic mass is 15.0. The molecule has 12 aromatic carbocycles. The van der Waals surface area contributed by atoms with Crippen LogP contribution in [-0.4, -0.2) is 15.0 Å². The van der Waals surface area contributed by atoms with Crippen molar-refractivity contribution in [3.63, 3.8) is 0 Å². The van der Waals surface area contributed by atoms with Gasteiger partial charge in [0.25, 0.3) is 0 Å². The second kappa shape index (κ2) is 16.8. The zero-order valence-electron chi connectivity index (χ0n) is 53.4. The smallest absolute Gasteiger partial charge is 0.164 e. The Morgan fingerprint density at radius 1 is 0.200 bits per heavy atom. The molecule has 19 rings (SSSR count). The molecular formula is C87H69N3. The third-order valence-corrected chi connectivity index (χ3v) is 23.4. The summed E-state index contributed by atoms with van der Waals surface area (Å²) in [4.78, 5) is 16.5. The number of nitrogens with zero attached hydrogens (tertiary/aromatic N) is 3. The Morgan fingerprint density at radius 2 is 0.444 bits per heavy atom. The van der Waals surface area contributed by atoms with Crippen molar-refractivity contribution in [2.75, 3.05) is 0 Å². The van der Waals surface area contributed by atoms with Crippen LogP contribution in [0.5, 0.6) is 0 Å². The number of hydrogen-bond donors (Lipinski definition) is 0. The van der Waals surface area contributed by atoms with E-state index in [2.05, 4.69) is 283 Å². The zero-order valence-corrected chi connectivity index (χ0v) is 53.4. The number of fused-ring (bicyclic) bond motifs is 24. The molecule has 13 aromatic rings. The molecule has 0 saturated carbocycles. The number of hydrogen-bond acceptors (Lipinski definition) is 3. The summed E-state index contributed by atoms with van der Waals surface area (Å²) in [5.41, 5.74) is 35.0. The van der Waals surface area contributed by atoms with Crippen LogP contribution in [-0.2, 0) is 32.5 Å². The SMILES string of the molecule is CC1(C)c2ccccc2-c2cc3c(cc21)-c1ccc2cc(-c4nc(-c5ccc6c7c(ccc6c5)-c5cc6c(cc5C7(C)C)-c5ccccc5C6(C)C)nc(-c5ccc6c7c(ccc6c5)-c5cc6c(cc5C7(C)C)-c5ccccc5C6(C)C)n4)ccc2c1C3(C)C. The lowest BCUT2D eigenvalue weighted by molar-refractivity contribution is 0.654. The average Bonchev–Trinajstić information content (AvgIpc) is 1.55. The average molecular weight is 1160 g/mol. The summed E-state index contributed by atoms with van der Waals surface area (Å²) in [5, 5.41) is 7.33. The van der Waals surface area contributed by atoms with Crippen molar-refractivity contribution in [1.29, 1.82) is 0 Å². The van der Waals surface area contributed by atoms with Gasteiger partial charge in [0.05, 0.1) is 0 Å². The molecular weight excluding hydrogens is 1090 g/mol. The van der Waals surface area contributed by atoms with E-state index >= 15 is 0 Å². The largest absolute Gasteiger partial charge is 0.208 e. The van der Waals surface area contributed by atoms with E-state index in [4.69, 9.17) is 15.0 Å². The summed E-state index contributed by atoms with van der Waals surface area (Å²) in [6, 6.07) is 76.9. The molecule has 6 aliphatic carbocycles. The minimum Gasteiger partial charge on any atom is -0.208 e. The Balaban J connectivity index is 0.747. The van der Waals surface area contributed by atoms with Crippen LogP contribution in [0, 0.1) is 0 Å². The Morgan fingerprint density at radius 3 is 0.722 bits per heavy atom. The van der Waals surface area contributed by atoms with E-state index in [0.717, 1.165) is 16.7 Å². The maximum Gasteiger partial charge on any atom is 0.164 e. The maximum atomic E-state index is 5.49. The van der Waals surface area contributed by atoms with Crippen LogP contribution in [0.4, 0.5) is 0 Å². The Hall–Kier alpha value is -9.57. The minimum absolute atomic E-state index is 0.0760. The maximum absolute atomic E-state index is 5.49. The second-order valence-electron chi connectivity index (χ2n) is 30.3. The predicted molar refractivity (Wildman–Crippen MR) is 374 cm³/mol. The van der Waals surface area contributed by atoms with E-state index < -0.39 is 0 Å². The summed E-state index contributed by atoms with van der Waals surface area (Å²) in [6.07, 6.45) is 0. The number of rotatable bonds is 3. The van der Waals surface area contributed by atoms with Crippen LogP contribution in [0.3, 0.4) is 0 Å². The van der Waals surface area contributed by atoms with Gasteiger partial charge in [-0.3, -0.25) is 0 Å². The van der Waals surface area contributed by atoms with Gasteiger partial charge in [-0.1, -0.05) is 229 Å². The predicted octanol–water partition coefficient (Wildman–Crippen LogP) is 22.2. The molecule has 0 bridgehead atoms. The summed E-state index contributed by atoms with van der Waals surface area (Å²) in [7, 11) is 0. The molecule has 0 fully saturated rings. The molecule has 0 saturated heterocycles. The van der Waals surface area contributed by atoms with E-state index in [1.54, 1.807) is 0 Å². The highest BCUT2D eigenvalue weighted by molar-refractivity contribution is 6.04. The van der Waals surface area contributed by atoms with Crippen LogP contribution in [0.15, 0.2) is 200 Å². The fraction of sp³-hybridized carbons (Fsp3) is 0.207. The molecule has 0 unspecified atom stereocenters. The Labute approximate surface area is 527 Å². The van der Waals surface area contributed by atoms with Crippen molar-refractivity contribution in [2.45, 2.75) is 116 Å². The fourth-order valence-electron chi connectivity index (χ4n) is 18.7. The van der Waals surface area contributed by atoms with Crippen LogP contribution in [0.1, 0.15) is 150 Å². The number of benzene rings is 12. The van der Waals surface area contributed by atoms with Crippen molar-refractivity contribution in [3.8, 4) is 101 Å². The molecule has 3 nitrogen and oxygen atoms in total. The summed E-state index contributed by atoms with van der Waals surface area (Å²) < 4.78 is 0. The molecule has 6 aliphatic rings. The van der Waals surface area contributed by atoms with E-state index in [1.165, 1.54) is 166 Å². The van der Waals surface area contributed by atoms with Crippen LogP contribution >= 0.6 is 0 Å². The molecule has 0 spiro atoms. The van der Waals surface area contributed by atoms with Gasteiger partial charge < -0.3 is 0 Å². The molecule has 0 amide bonds. The van der Waals surface area contributed by atoms with Gasteiger partial charge in [0, 0.05) is 49.2 Å². The molecule has 0 N–H and O–H groups in total. The lowest BCUT2D eigenvalue weighted by atomic mass is 9.78. The highest BCUT2D eigenvalue weighted by Gasteiger charge is 2.46. The van der Waals surface area contributed by atoms with Crippen molar-refractivity contribution >= 4 is 32.3 Å². The van der Waals surface area contributed by atoms with Gasteiger partial charge >= 0.3 is 0 Å². The first-order chi connectivity index (χ1) is 43.1. The normalized spacial score (nSPS) is 17.2. The lowest BCUT2D eigenvalue weighted by Gasteiger charge is -2.25. The van der Waals surface area contributed by atoms with Gasteiger partial charge in [0.2, 0.25) is 0 Å². The summed E-state index contributed by atoms with van der Waals surface area (Å²) in [6.45, 7) is 28.8. The van der Waals surface area contributed by atoms with E-state index in [0.29, 0.717) is 17.5 Å². The van der Waals surface area contributed by atoms with Crippen molar-refractivity contribution in [2.24, 2.45) is 0 Å². The molecule has 0 radical (unpaired) electrons. The van der Waals surface area contributed by atoms with Gasteiger partial charge in [-0.15, -0.1) is 0 Å². The quantitative estimate of drug-likeness (QED) is 0.177. The third kappa shape index (κ3) is 6.48. The highest BCUT2D eigenvalue weighted by Crippen LogP contribution is 2.61. The molecule has 1 heterocycles. The molecule has 1 aromatic heterocycles. The molecule has 432 valence electrons. The van der Waals surface area contributed by atoms with Crippen molar-refractivity contribution in [1.82, 2.24) is 15.0 Å². The second-order valence-corrected chi connectivity index (χ2v) is 30.3. The van der Waals surface area contributed by atoms with Gasteiger partial charge in [0.1, 0.15) is 0 Å². The molecule has 3 heteroatoms. The van der Waals surface area contributed by atoms with Gasteiger partial charge in [-0.2, -0.15) is 0 Å². The topological polar surface area (TPSA) is 38.7 Å². The van der Waals surface area contributed by atoms with E-state index in [9.17, 15) is 0 Å². The monoisotopic (exact) mass is 1160 g/mol. The summed E-state index contributed by atoms with van der Waals surface area (Å²) >= 11 is 0. The summed E-state index contributed by atoms with van der Waals surface area (Å²) in [5.74, 6) is 1.97. The first-order valence-corrected chi connectivity index (χ1v) is 32.5. The van der Waals surface area contributed by atoms with Gasteiger partial charge in [-0.05, 0) is 220 Å². The molecule has 0 atom stereocenters. The van der Waals surface area contributed by atoms with Crippen LogP contribution in [0.2, 0.25) is 0 Å². The number of aromatic nitrogens is 3. The molecule has 0 aliphatic heterocycles. The van der Waals surface area contributed by atoms with E-state index in [1.807, 2.05) is 0 Å². The Bertz CT molecular complexity index is 4990. The first-order valence-electron chi connectivity index (χ1n) is 32.5. The van der Waals surface area contributed by atoms with Gasteiger partial charge in [0.15, 0.2) is 17.5 Å². The Kier molecular flexibility index (Phi) is 9.79. The first kappa shape index (κ1) is 52.4. The van der Waals surface area contributed by atoms with Crippen LogP contribution < -0.4 is 0 Å². The molecule has 90 heavy (non-hydrogen) atoms. The van der Waals surface area contributed by atoms with Gasteiger partial charge in [-0.25, -0.2) is 15.0 Å². The zero-order chi connectivity index (χ0) is 61.2. The van der Waals surface area contributed by atoms with Crippen molar-refractivity contribution < 1.29 is 0 Å². The fourth-order valence-corrected chi connectivity index (χ4v) is 18.7.